The van der Waals surface area contributed by atoms with Crippen LogP contribution in [0, 0.1) is 5.82 Å². The number of hydrogen-bond donors (Lipinski definition) is 0. The van der Waals surface area contributed by atoms with Gasteiger partial charge in [-0.25, -0.2) is 4.39 Å². The zero-order valence-electron chi connectivity index (χ0n) is 10.5. The fourth-order valence-electron chi connectivity index (χ4n) is 1.98. The molecule has 98 valence electrons. The molecular weight excluding hydrogens is 253 g/mol. The average Bonchev–Trinajstić information content (AvgIpc) is 2.39. The van der Waals surface area contributed by atoms with E-state index in [0.717, 1.165) is 4.90 Å². The molecule has 0 spiro atoms. The largest absolute Gasteiger partial charge is 0.377 e. The van der Waals surface area contributed by atoms with Crippen LogP contribution in [0.3, 0.4) is 0 Å². The summed E-state index contributed by atoms with van der Waals surface area (Å²) in [5.41, 5.74) is 0.149. The van der Waals surface area contributed by atoms with E-state index in [9.17, 15) is 9.18 Å². The lowest BCUT2D eigenvalue weighted by Gasteiger charge is -2.33. The second-order valence-electron chi connectivity index (χ2n) is 4.27. The van der Waals surface area contributed by atoms with Crippen molar-refractivity contribution in [1.82, 2.24) is 4.90 Å². The van der Waals surface area contributed by atoms with Crippen LogP contribution in [0.1, 0.15) is 17.3 Å². The van der Waals surface area contributed by atoms with Crippen molar-refractivity contribution in [3.05, 3.63) is 29.6 Å². The smallest absolute Gasteiger partial charge is 0.257 e. The first kappa shape index (κ1) is 13.4. The highest BCUT2D eigenvalue weighted by molar-refractivity contribution is 7.98. The Bertz CT molecular complexity index is 453. The maximum Gasteiger partial charge on any atom is 0.257 e. The van der Waals surface area contributed by atoms with E-state index in [2.05, 4.69) is 0 Å². The van der Waals surface area contributed by atoms with Crippen LogP contribution in [0.2, 0.25) is 0 Å². The summed E-state index contributed by atoms with van der Waals surface area (Å²) in [7, 11) is 0. The molecule has 1 unspecified atom stereocenters. The Kier molecular flexibility index (Phi) is 4.24. The number of ether oxygens (including phenoxy) is 1. The number of thioether (sulfide) groups is 1. The van der Waals surface area contributed by atoms with Gasteiger partial charge in [0.05, 0.1) is 24.8 Å². The van der Waals surface area contributed by atoms with Crippen molar-refractivity contribution in [3.8, 4) is 0 Å². The third-order valence-electron chi connectivity index (χ3n) is 3.03. The Balaban J connectivity index is 2.27. The summed E-state index contributed by atoms with van der Waals surface area (Å²) in [6.45, 7) is 3.45. The van der Waals surface area contributed by atoms with Crippen LogP contribution in [0.5, 0.6) is 0 Å². The number of morpholine rings is 1. The normalized spacial score (nSPS) is 19.9. The van der Waals surface area contributed by atoms with Gasteiger partial charge in [0.25, 0.3) is 5.91 Å². The van der Waals surface area contributed by atoms with Gasteiger partial charge in [-0.15, -0.1) is 11.8 Å². The summed E-state index contributed by atoms with van der Waals surface area (Å²) in [6.07, 6.45) is 1.90. The van der Waals surface area contributed by atoms with Crippen molar-refractivity contribution in [1.29, 1.82) is 0 Å². The lowest BCUT2D eigenvalue weighted by atomic mass is 10.1. The van der Waals surface area contributed by atoms with Gasteiger partial charge in [0.15, 0.2) is 0 Å². The van der Waals surface area contributed by atoms with Crippen LogP contribution < -0.4 is 0 Å². The topological polar surface area (TPSA) is 29.5 Å². The number of hydrogen-bond acceptors (Lipinski definition) is 3. The van der Waals surface area contributed by atoms with E-state index >= 15 is 0 Å². The van der Waals surface area contributed by atoms with Crippen molar-refractivity contribution in [2.45, 2.75) is 17.9 Å². The van der Waals surface area contributed by atoms with Crippen LogP contribution in [0.25, 0.3) is 0 Å². The van der Waals surface area contributed by atoms with Gasteiger partial charge in [-0.1, -0.05) is 0 Å². The molecule has 3 nitrogen and oxygen atoms in total. The molecule has 0 bridgehead atoms. The third-order valence-corrected chi connectivity index (χ3v) is 3.76. The summed E-state index contributed by atoms with van der Waals surface area (Å²) < 4.78 is 19.0. The van der Waals surface area contributed by atoms with Crippen LogP contribution in [-0.2, 0) is 4.74 Å². The molecule has 1 aromatic carbocycles. The summed E-state index contributed by atoms with van der Waals surface area (Å²) in [5, 5.41) is 0. The van der Waals surface area contributed by atoms with Crippen LogP contribution in [0.4, 0.5) is 4.39 Å². The Morgan fingerprint density at radius 2 is 2.33 bits per heavy atom. The summed E-state index contributed by atoms with van der Waals surface area (Å²) >= 11 is 1.49. The van der Waals surface area contributed by atoms with E-state index < -0.39 is 5.82 Å². The Hall–Kier alpha value is -1.07. The Labute approximate surface area is 110 Å². The molecule has 1 amide bonds. The number of nitrogens with zero attached hydrogens (tertiary/aromatic N) is 1. The highest BCUT2D eigenvalue weighted by Crippen LogP contribution is 2.21. The summed E-state index contributed by atoms with van der Waals surface area (Å²) in [4.78, 5) is 14.9. The molecule has 5 heteroatoms. The molecule has 0 aromatic heterocycles. The SMILES string of the molecule is CSc1ccc(F)c(C(=O)N2CCOCC2C)c1. The lowest BCUT2D eigenvalue weighted by Crippen LogP contribution is -2.47. The zero-order chi connectivity index (χ0) is 13.1. The number of benzene rings is 1. The first-order valence-corrected chi connectivity index (χ1v) is 7.08. The molecule has 0 radical (unpaired) electrons. The van der Waals surface area contributed by atoms with E-state index in [1.807, 2.05) is 13.2 Å². The summed E-state index contributed by atoms with van der Waals surface area (Å²) in [6, 6.07) is 4.64. The minimum absolute atomic E-state index is 0.0106. The molecule has 1 atom stereocenters. The molecule has 0 aliphatic carbocycles. The highest BCUT2D eigenvalue weighted by Gasteiger charge is 2.26. The Morgan fingerprint density at radius 3 is 3.00 bits per heavy atom. The second-order valence-corrected chi connectivity index (χ2v) is 5.15. The van der Waals surface area contributed by atoms with E-state index in [1.54, 1.807) is 17.0 Å². The van der Waals surface area contributed by atoms with E-state index in [0.29, 0.717) is 19.8 Å². The van der Waals surface area contributed by atoms with Gasteiger partial charge < -0.3 is 9.64 Å². The quantitative estimate of drug-likeness (QED) is 0.772. The lowest BCUT2D eigenvalue weighted by molar-refractivity contribution is 0.00333. The zero-order valence-corrected chi connectivity index (χ0v) is 11.3. The van der Waals surface area contributed by atoms with Gasteiger partial charge in [0.1, 0.15) is 5.82 Å². The van der Waals surface area contributed by atoms with E-state index in [1.165, 1.54) is 17.8 Å². The molecule has 1 fully saturated rings. The monoisotopic (exact) mass is 269 g/mol. The molecule has 1 aliphatic rings. The van der Waals surface area contributed by atoms with Gasteiger partial charge >= 0.3 is 0 Å². The van der Waals surface area contributed by atoms with Crippen molar-refractivity contribution in [2.24, 2.45) is 0 Å². The number of carbonyl (C=O) groups excluding carboxylic acids is 1. The van der Waals surface area contributed by atoms with E-state index in [4.69, 9.17) is 4.74 Å². The molecule has 0 N–H and O–H groups in total. The molecule has 1 heterocycles. The number of rotatable bonds is 2. The maximum atomic E-state index is 13.8. The van der Waals surface area contributed by atoms with Crippen LogP contribution >= 0.6 is 11.8 Å². The van der Waals surface area contributed by atoms with Crippen molar-refractivity contribution < 1.29 is 13.9 Å². The fourth-order valence-corrected chi connectivity index (χ4v) is 2.42. The van der Waals surface area contributed by atoms with Gasteiger partial charge in [0, 0.05) is 11.4 Å². The molecule has 1 aromatic rings. The minimum Gasteiger partial charge on any atom is -0.377 e. The first-order valence-electron chi connectivity index (χ1n) is 5.85. The van der Waals surface area contributed by atoms with Crippen molar-refractivity contribution in [3.63, 3.8) is 0 Å². The van der Waals surface area contributed by atoms with Crippen molar-refractivity contribution >= 4 is 17.7 Å². The average molecular weight is 269 g/mol. The Morgan fingerprint density at radius 1 is 1.56 bits per heavy atom. The number of amides is 1. The predicted molar refractivity (Wildman–Crippen MR) is 69.5 cm³/mol. The van der Waals surface area contributed by atoms with Gasteiger partial charge in [0.2, 0.25) is 0 Å². The molecular formula is C13H16FNO2S. The first-order chi connectivity index (χ1) is 8.63. The molecule has 1 saturated heterocycles. The second kappa shape index (κ2) is 5.71. The highest BCUT2D eigenvalue weighted by atomic mass is 32.2. The van der Waals surface area contributed by atoms with Crippen LogP contribution in [0.15, 0.2) is 23.1 Å². The standard InChI is InChI=1S/C13H16FNO2S/c1-9-8-17-6-5-15(9)13(16)11-7-10(18-2)3-4-12(11)14/h3-4,7,9H,5-6,8H2,1-2H3. The number of carbonyl (C=O) groups is 1. The molecule has 2 rings (SSSR count). The van der Waals surface area contributed by atoms with Gasteiger partial charge in [-0.05, 0) is 31.4 Å². The van der Waals surface area contributed by atoms with Gasteiger partial charge in [-0.3, -0.25) is 4.79 Å². The fraction of sp³-hybridized carbons (Fsp3) is 0.462. The maximum absolute atomic E-state index is 13.8. The van der Waals surface area contributed by atoms with Gasteiger partial charge in [-0.2, -0.15) is 0 Å². The van der Waals surface area contributed by atoms with E-state index in [-0.39, 0.29) is 17.5 Å². The molecule has 0 saturated carbocycles. The summed E-state index contributed by atoms with van der Waals surface area (Å²) in [5.74, 6) is -0.712. The number of halogens is 1. The molecule has 18 heavy (non-hydrogen) atoms. The third kappa shape index (κ3) is 2.67. The van der Waals surface area contributed by atoms with Crippen LogP contribution in [-0.4, -0.2) is 42.9 Å². The van der Waals surface area contributed by atoms with Crippen molar-refractivity contribution in [2.75, 3.05) is 26.0 Å². The molecule has 1 aliphatic heterocycles. The minimum atomic E-state index is -0.462. The predicted octanol–water partition coefficient (Wildman–Crippen LogP) is 2.41.